The standard InChI is InChI=1S/C31H34F5N5O2S/c1-37-28(43)40-29-39-26(18-44-29)30(27(42)38-17-20-12-19(16-32)13-23(14-20)31(34,35)36)9-6-25(15-30)41-10-7-22(8-11-41)21-2-4-24(33)5-3-21/h2-5,12-14,18,22,25H,6-11,15-17H2,1H3,(H,38,42)(H2,37,39,40,43). The second-order valence-electron chi connectivity index (χ2n) is 11.4. The fraction of sp³-hybridized carbons (Fsp3) is 0.452. The lowest BCUT2D eigenvalue weighted by Crippen LogP contribution is -2.45. The molecule has 2 fully saturated rings. The van der Waals surface area contributed by atoms with E-state index in [4.69, 9.17) is 0 Å². The quantitative estimate of drug-likeness (QED) is 0.247. The first-order valence-electron chi connectivity index (χ1n) is 14.5. The molecule has 2 unspecified atom stereocenters. The maximum atomic E-state index is 14.0. The number of thiazole rings is 1. The number of halogens is 5. The van der Waals surface area contributed by atoms with E-state index in [0.29, 0.717) is 36.0 Å². The van der Waals surface area contributed by atoms with Gasteiger partial charge in [0, 0.05) is 25.0 Å². The number of amides is 3. The number of carbonyl (C=O) groups excluding carboxylic acids is 2. The van der Waals surface area contributed by atoms with Gasteiger partial charge in [-0.1, -0.05) is 18.2 Å². The molecule has 1 aliphatic heterocycles. The Bertz CT molecular complexity index is 1470. The second kappa shape index (κ2) is 13.2. The van der Waals surface area contributed by atoms with E-state index in [0.717, 1.165) is 43.6 Å². The van der Waals surface area contributed by atoms with Crippen molar-refractivity contribution in [1.29, 1.82) is 0 Å². The van der Waals surface area contributed by atoms with Gasteiger partial charge in [-0.25, -0.2) is 18.6 Å². The Morgan fingerprint density at radius 1 is 1.07 bits per heavy atom. The highest BCUT2D eigenvalue weighted by atomic mass is 32.1. The number of nitrogens with zero attached hydrogens (tertiary/aromatic N) is 2. The zero-order valence-electron chi connectivity index (χ0n) is 24.1. The van der Waals surface area contributed by atoms with Gasteiger partial charge in [-0.2, -0.15) is 13.2 Å². The number of hydrogen-bond acceptors (Lipinski definition) is 5. The van der Waals surface area contributed by atoms with Crippen LogP contribution < -0.4 is 16.0 Å². The van der Waals surface area contributed by atoms with Crippen LogP contribution in [0.5, 0.6) is 0 Å². The monoisotopic (exact) mass is 635 g/mol. The molecule has 5 rings (SSSR count). The normalized spacial score (nSPS) is 21.3. The molecular weight excluding hydrogens is 601 g/mol. The summed E-state index contributed by atoms with van der Waals surface area (Å²) >= 11 is 1.19. The van der Waals surface area contributed by atoms with Gasteiger partial charge < -0.3 is 15.5 Å². The number of piperidine rings is 1. The maximum absolute atomic E-state index is 14.0. The van der Waals surface area contributed by atoms with Crippen LogP contribution in [0.2, 0.25) is 0 Å². The van der Waals surface area contributed by atoms with Crippen LogP contribution in [0.25, 0.3) is 0 Å². The number of urea groups is 1. The predicted molar refractivity (Wildman–Crippen MR) is 158 cm³/mol. The molecule has 0 radical (unpaired) electrons. The van der Waals surface area contributed by atoms with E-state index in [1.165, 1.54) is 36.6 Å². The van der Waals surface area contributed by atoms with Crippen molar-refractivity contribution >= 4 is 28.4 Å². The summed E-state index contributed by atoms with van der Waals surface area (Å²) in [7, 11) is 1.47. The Morgan fingerprint density at radius 2 is 1.77 bits per heavy atom. The fourth-order valence-corrected chi connectivity index (χ4v) is 7.19. The minimum Gasteiger partial charge on any atom is -0.351 e. The third-order valence-electron chi connectivity index (χ3n) is 8.74. The van der Waals surface area contributed by atoms with E-state index in [2.05, 4.69) is 25.8 Å². The van der Waals surface area contributed by atoms with Crippen molar-refractivity contribution in [3.63, 3.8) is 0 Å². The van der Waals surface area contributed by atoms with E-state index in [1.54, 1.807) is 5.38 Å². The number of likely N-dealkylation sites (tertiary alicyclic amines) is 1. The number of carbonyl (C=O) groups is 2. The van der Waals surface area contributed by atoms with Crippen molar-refractivity contribution in [2.24, 2.45) is 0 Å². The molecule has 0 spiro atoms. The molecule has 3 aromatic rings. The largest absolute Gasteiger partial charge is 0.416 e. The number of anilines is 1. The zero-order chi connectivity index (χ0) is 31.5. The van der Waals surface area contributed by atoms with E-state index < -0.39 is 29.9 Å². The Kier molecular flexibility index (Phi) is 9.54. The fourth-order valence-electron chi connectivity index (χ4n) is 6.39. The molecule has 7 nitrogen and oxygen atoms in total. The van der Waals surface area contributed by atoms with Crippen molar-refractivity contribution in [3.05, 3.63) is 81.6 Å². The molecule has 13 heteroatoms. The third kappa shape index (κ3) is 7.04. The molecule has 2 aromatic carbocycles. The van der Waals surface area contributed by atoms with Gasteiger partial charge in [-0.15, -0.1) is 11.3 Å². The number of rotatable bonds is 8. The number of hydrogen-bond donors (Lipinski definition) is 3. The zero-order valence-corrected chi connectivity index (χ0v) is 25.0. The summed E-state index contributed by atoms with van der Waals surface area (Å²) in [5.74, 6) is -0.324. The summed E-state index contributed by atoms with van der Waals surface area (Å²) in [6.07, 6.45) is -1.25. The lowest BCUT2D eigenvalue weighted by Gasteiger charge is -2.37. The van der Waals surface area contributed by atoms with E-state index in [9.17, 15) is 31.5 Å². The first kappa shape index (κ1) is 31.8. The Hall–Kier alpha value is -3.58. The van der Waals surface area contributed by atoms with Crippen molar-refractivity contribution in [1.82, 2.24) is 20.5 Å². The summed E-state index contributed by atoms with van der Waals surface area (Å²) in [5, 5.41) is 9.96. The van der Waals surface area contributed by atoms with Gasteiger partial charge in [-0.05, 0) is 92.1 Å². The molecule has 2 atom stereocenters. The third-order valence-corrected chi connectivity index (χ3v) is 9.50. The lowest BCUT2D eigenvalue weighted by atomic mass is 9.81. The van der Waals surface area contributed by atoms with Gasteiger partial charge in [0.15, 0.2) is 5.13 Å². The summed E-state index contributed by atoms with van der Waals surface area (Å²) < 4.78 is 67.0. The van der Waals surface area contributed by atoms with Gasteiger partial charge in [0.2, 0.25) is 5.91 Å². The smallest absolute Gasteiger partial charge is 0.351 e. The van der Waals surface area contributed by atoms with Gasteiger partial charge in [0.1, 0.15) is 12.5 Å². The minimum absolute atomic E-state index is 0.0682. The molecule has 1 saturated heterocycles. The number of nitrogens with one attached hydrogen (secondary N) is 3. The van der Waals surface area contributed by atoms with Gasteiger partial charge in [-0.3, -0.25) is 10.1 Å². The summed E-state index contributed by atoms with van der Waals surface area (Å²) in [5.41, 5.74) is -0.413. The number of benzene rings is 2. The van der Waals surface area contributed by atoms with Crippen molar-refractivity contribution in [2.75, 3.05) is 25.5 Å². The Morgan fingerprint density at radius 3 is 2.43 bits per heavy atom. The molecule has 1 aromatic heterocycles. The average molecular weight is 636 g/mol. The summed E-state index contributed by atoms with van der Waals surface area (Å²) in [6, 6.07) is 9.23. The van der Waals surface area contributed by atoms with Crippen molar-refractivity contribution in [2.45, 2.75) is 68.9 Å². The average Bonchev–Trinajstić information content (AvgIpc) is 3.68. The van der Waals surface area contributed by atoms with Crippen LogP contribution in [0.1, 0.15) is 66.0 Å². The van der Waals surface area contributed by atoms with Gasteiger partial charge >= 0.3 is 12.2 Å². The van der Waals surface area contributed by atoms with Gasteiger partial charge in [0.25, 0.3) is 0 Å². The molecule has 0 bridgehead atoms. The summed E-state index contributed by atoms with van der Waals surface area (Å²) in [4.78, 5) is 32.8. The SMILES string of the molecule is CNC(=O)Nc1nc(C2(C(=O)NCc3cc(CF)cc(C(F)(F)F)c3)CCC(N3CCC(c4ccc(F)cc4)CC3)C2)cs1. The van der Waals surface area contributed by atoms with E-state index in [1.807, 2.05) is 12.1 Å². The highest BCUT2D eigenvalue weighted by molar-refractivity contribution is 7.14. The number of aromatic nitrogens is 1. The predicted octanol–water partition coefficient (Wildman–Crippen LogP) is 6.51. The lowest BCUT2D eigenvalue weighted by molar-refractivity contribution is -0.137. The maximum Gasteiger partial charge on any atom is 0.416 e. The molecule has 44 heavy (non-hydrogen) atoms. The topological polar surface area (TPSA) is 86.4 Å². The van der Waals surface area contributed by atoms with Crippen LogP contribution in [-0.2, 0) is 29.6 Å². The molecule has 1 saturated carbocycles. The van der Waals surface area contributed by atoms with Crippen molar-refractivity contribution < 1.29 is 31.5 Å². The highest BCUT2D eigenvalue weighted by Gasteiger charge is 2.50. The second-order valence-corrected chi connectivity index (χ2v) is 12.3. The van der Waals surface area contributed by atoms with E-state index >= 15 is 0 Å². The highest BCUT2D eigenvalue weighted by Crippen LogP contribution is 2.45. The van der Waals surface area contributed by atoms with Crippen LogP contribution in [0.3, 0.4) is 0 Å². The summed E-state index contributed by atoms with van der Waals surface area (Å²) in [6.45, 7) is 0.343. The molecule has 1 aliphatic carbocycles. The van der Waals surface area contributed by atoms with Crippen LogP contribution in [0, 0.1) is 5.82 Å². The Labute approximate surface area is 256 Å². The van der Waals surface area contributed by atoms with E-state index in [-0.39, 0.29) is 35.4 Å². The molecule has 3 N–H and O–H groups in total. The Balaban J connectivity index is 1.34. The molecular formula is C31H34F5N5O2S. The van der Waals surface area contributed by atoms with Gasteiger partial charge in [0.05, 0.1) is 16.7 Å². The van der Waals surface area contributed by atoms with Crippen LogP contribution in [0.15, 0.2) is 47.8 Å². The molecule has 3 amide bonds. The number of alkyl halides is 4. The van der Waals surface area contributed by atoms with Crippen LogP contribution in [-0.4, -0.2) is 48.0 Å². The van der Waals surface area contributed by atoms with Crippen LogP contribution in [0.4, 0.5) is 31.9 Å². The molecule has 236 valence electrons. The first-order valence-corrected chi connectivity index (χ1v) is 15.4. The first-order chi connectivity index (χ1) is 21.0. The van der Waals surface area contributed by atoms with Crippen LogP contribution >= 0.6 is 11.3 Å². The van der Waals surface area contributed by atoms with Crippen molar-refractivity contribution in [3.8, 4) is 0 Å². The minimum atomic E-state index is -4.65. The molecule has 2 aliphatic rings. The molecule has 2 heterocycles.